The van der Waals surface area contributed by atoms with E-state index < -0.39 is 16.1 Å². The first-order chi connectivity index (χ1) is 11.5. The molecular formula is C17H18FNO4S. The van der Waals surface area contributed by atoms with Gasteiger partial charge in [0.05, 0.1) is 18.1 Å². The van der Waals surface area contributed by atoms with Gasteiger partial charge in [0, 0.05) is 18.5 Å². The fourth-order valence-electron chi connectivity index (χ4n) is 2.43. The van der Waals surface area contributed by atoms with Crippen molar-refractivity contribution in [2.24, 2.45) is 0 Å². The Balaban J connectivity index is 1.82. The zero-order valence-corrected chi connectivity index (χ0v) is 14.0. The van der Waals surface area contributed by atoms with Gasteiger partial charge in [0.25, 0.3) is 0 Å². The summed E-state index contributed by atoms with van der Waals surface area (Å²) in [5, 5.41) is 0. The van der Waals surface area contributed by atoms with Gasteiger partial charge in [-0.3, -0.25) is 0 Å². The number of rotatable bonds is 4. The second kappa shape index (κ2) is 6.78. The van der Waals surface area contributed by atoms with E-state index in [0.29, 0.717) is 30.3 Å². The summed E-state index contributed by atoms with van der Waals surface area (Å²) >= 11 is 0. The molecule has 1 N–H and O–H groups in total. The van der Waals surface area contributed by atoms with E-state index in [0.717, 1.165) is 6.42 Å². The molecule has 0 saturated carbocycles. The van der Waals surface area contributed by atoms with Crippen LogP contribution in [0.3, 0.4) is 0 Å². The van der Waals surface area contributed by atoms with Crippen molar-refractivity contribution in [3.63, 3.8) is 0 Å². The summed E-state index contributed by atoms with van der Waals surface area (Å²) in [6.07, 6.45) is 0.747. The van der Waals surface area contributed by atoms with Crippen LogP contribution in [0.1, 0.15) is 24.9 Å². The largest absolute Gasteiger partial charge is 0.490 e. The van der Waals surface area contributed by atoms with Crippen molar-refractivity contribution >= 4 is 10.0 Å². The number of hydrogen-bond acceptors (Lipinski definition) is 4. The number of ether oxygens (including phenoxy) is 2. The van der Waals surface area contributed by atoms with Gasteiger partial charge in [-0.05, 0) is 36.8 Å². The van der Waals surface area contributed by atoms with Gasteiger partial charge < -0.3 is 9.47 Å². The Labute approximate surface area is 140 Å². The third kappa shape index (κ3) is 3.68. The molecule has 2 aromatic rings. The third-order valence-electron chi connectivity index (χ3n) is 3.73. The predicted molar refractivity (Wildman–Crippen MR) is 87.2 cm³/mol. The number of nitrogens with one attached hydrogen (secondary N) is 1. The first kappa shape index (κ1) is 16.7. The Hall–Kier alpha value is -2.12. The summed E-state index contributed by atoms with van der Waals surface area (Å²) in [5.41, 5.74) is 0.675. The van der Waals surface area contributed by atoms with Crippen molar-refractivity contribution in [1.29, 1.82) is 0 Å². The van der Waals surface area contributed by atoms with Crippen LogP contribution >= 0.6 is 0 Å². The average Bonchev–Trinajstić information content (AvgIpc) is 2.79. The van der Waals surface area contributed by atoms with Crippen molar-refractivity contribution < 1.29 is 22.3 Å². The number of fused-ring (bicyclic) bond motifs is 1. The summed E-state index contributed by atoms with van der Waals surface area (Å²) < 4.78 is 51.7. The van der Waals surface area contributed by atoms with Gasteiger partial charge in [-0.25, -0.2) is 17.5 Å². The zero-order chi connectivity index (χ0) is 17.2. The molecule has 1 aliphatic rings. The van der Waals surface area contributed by atoms with Crippen LogP contribution < -0.4 is 14.2 Å². The summed E-state index contributed by atoms with van der Waals surface area (Å²) in [5.74, 6) is 0.597. The minimum atomic E-state index is -3.74. The molecule has 0 aliphatic carbocycles. The van der Waals surface area contributed by atoms with Gasteiger partial charge in [0.2, 0.25) is 10.0 Å². The molecule has 5 nitrogen and oxygen atoms in total. The molecule has 0 spiro atoms. The smallest absolute Gasteiger partial charge is 0.241 e. The molecule has 0 radical (unpaired) electrons. The Morgan fingerprint density at radius 3 is 2.42 bits per heavy atom. The van der Waals surface area contributed by atoms with E-state index in [1.54, 1.807) is 25.1 Å². The topological polar surface area (TPSA) is 64.6 Å². The van der Waals surface area contributed by atoms with E-state index in [1.807, 2.05) is 0 Å². The number of hydrogen-bond donors (Lipinski definition) is 1. The molecule has 0 aromatic heterocycles. The standard InChI is InChI=1S/C17H18FNO4S/c1-12(13-3-5-14(18)6-4-13)19-24(20,21)15-7-8-16-17(11-15)23-10-2-9-22-16/h3-8,11-12,19H,2,9-10H2,1H3/t12-/m0/s1. The first-order valence-electron chi connectivity index (χ1n) is 7.63. The van der Waals surface area contributed by atoms with Crippen LogP contribution in [-0.4, -0.2) is 21.6 Å². The lowest BCUT2D eigenvalue weighted by atomic mass is 10.1. The second-order valence-corrected chi connectivity index (χ2v) is 7.27. The maximum atomic E-state index is 13.0. The molecule has 1 heterocycles. The van der Waals surface area contributed by atoms with Crippen LogP contribution in [0.25, 0.3) is 0 Å². The lowest BCUT2D eigenvalue weighted by Gasteiger charge is -2.16. The van der Waals surface area contributed by atoms with Gasteiger partial charge in [-0.2, -0.15) is 0 Å². The van der Waals surface area contributed by atoms with Crippen LogP contribution in [0.5, 0.6) is 11.5 Å². The van der Waals surface area contributed by atoms with Gasteiger partial charge in [-0.1, -0.05) is 12.1 Å². The highest BCUT2D eigenvalue weighted by molar-refractivity contribution is 7.89. The summed E-state index contributed by atoms with van der Waals surface area (Å²) in [4.78, 5) is 0.0979. The molecule has 0 amide bonds. The van der Waals surface area contributed by atoms with Gasteiger partial charge in [0.1, 0.15) is 5.82 Å². The van der Waals surface area contributed by atoms with Crippen molar-refractivity contribution in [3.05, 3.63) is 53.8 Å². The first-order valence-corrected chi connectivity index (χ1v) is 9.11. The van der Waals surface area contributed by atoms with Crippen molar-refractivity contribution in [2.45, 2.75) is 24.3 Å². The normalized spacial score (nSPS) is 15.6. The lowest BCUT2D eigenvalue weighted by Crippen LogP contribution is -2.26. The number of sulfonamides is 1. The lowest BCUT2D eigenvalue weighted by molar-refractivity contribution is 0.297. The minimum absolute atomic E-state index is 0.0979. The highest BCUT2D eigenvalue weighted by Crippen LogP contribution is 2.32. The van der Waals surface area contributed by atoms with E-state index in [2.05, 4.69) is 4.72 Å². The van der Waals surface area contributed by atoms with E-state index in [4.69, 9.17) is 9.47 Å². The number of halogens is 1. The molecule has 0 saturated heterocycles. The highest BCUT2D eigenvalue weighted by Gasteiger charge is 2.21. The Kier molecular flexibility index (Phi) is 4.73. The predicted octanol–water partition coefficient (Wildman–Crippen LogP) is 3.03. The Morgan fingerprint density at radius 2 is 1.71 bits per heavy atom. The molecule has 7 heteroatoms. The van der Waals surface area contributed by atoms with Crippen LogP contribution in [-0.2, 0) is 10.0 Å². The fraction of sp³-hybridized carbons (Fsp3) is 0.294. The zero-order valence-electron chi connectivity index (χ0n) is 13.2. The molecule has 1 atom stereocenters. The van der Waals surface area contributed by atoms with E-state index in [1.165, 1.54) is 24.3 Å². The van der Waals surface area contributed by atoms with Crippen LogP contribution in [0.15, 0.2) is 47.4 Å². The quantitative estimate of drug-likeness (QED) is 0.920. The van der Waals surface area contributed by atoms with E-state index in [-0.39, 0.29) is 10.7 Å². The molecule has 2 aromatic carbocycles. The summed E-state index contributed by atoms with van der Waals surface area (Å²) in [6.45, 7) is 2.72. The Bertz CT molecular complexity index is 821. The average molecular weight is 351 g/mol. The maximum Gasteiger partial charge on any atom is 0.241 e. The minimum Gasteiger partial charge on any atom is -0.490 e. The molecule has 24 heavy (non-hydrogen) atoms. The number of benzene rings is 2. The van der Waals surface area contributed by atoms with Crippen LogP contribution in [0.4, 0.5) is 4.39 Å². The van der Waals surface area contributed by atoms with Crippen LogP contribution in [0.2, 0.25) is 0 Å². The molecule has 1 aliphatic heterocycles. The maximum absolute atomic E-state index is 13.0. The van der Waals surface area contributed by atoms with Crippen LogP contribution in [0, 0.1) is 5.82 Å². The van der Waals surface area contributed by atoms with Gasteiger partial charge in [-0.15, -0.1) is 0 Å². The molecule has 0 unspecified atom stereocenters. The molecule has 0 bridgehead atoms. The second-order valence-electron chi connectivity index (χ2n) is 5.55. The monoisotopic (exact) mass is 351 g/mol. The van der Waals surface area contributed by atoms with Crippen molar-refractivity contribution in [2.75, 3.05) is 13.2 Å². The fourth-order valence-corrected chi connectivity index (χ4v) is 3.68. The van der Waals surface area contributed by atoms with Gasteiger partial charge in [0.15, 0.2) is 11.5 Å². The molecule has 3 rings (SSSR count). The van der Waals surface area contributed by atoms with E-state index >= 15 is 0 Å². The van der Waals surface area contributed by atoms with E-state index in [9.17, 15) is 12.8 Å². The Morgan fingerprint density at radius 1 is 1.04 bits per heavy atom. The summed E-state index contributed by atoms with van der Waals surface area (Å²) in [6, 6.07) is 9.74. The highest BCUT2D eigenvalue weighted by atomic mass is 32.2. The molecular weight excluding hydrogens is 333 g/mol. The van der Waals surface area contributed by atoms with Crippen molar-refractivity contribution in [3.8, 4) is 11.5 Å². The van der Waals surface area contributed by atoms with Crippen molar-refractivity contribution in [1.82, 2.24) is 4.72 Å². The SMILES string of the molecule is C[C@H](NS(=O)(=O)c1ccc2c(c1)OCCCO2)c1ccc(F)cc1. The third-order valence-corrected chi connectivity index (χ3v) is 5.27. The molecule has 0 fully saturated rings. The molecule has 128 valence electrons. The van der Waals surface area contributed by atoms with Gasteiger partial charge >= 0.3 is 0 Å². The summed E-state index contributed by atoms with van der Waals surface area (Å²) in [7, 11) is -3.74.